The van der Waals surface area contributed by atoms with Gasteiger partial charge in [-0.25, -0.2) is 4.98 Å². The van der Waals surface area contributed by atoms with E-state index in [1.54, 1.807) is 17.0 Å². The van der Waals surface area contributed by atoms with Crippen LogP contribution in [0.25, 0.3) is 0 Å². The summed E-state index contributed by atoms with van der Waals surface area (Å²) in [5.41, 5.74) is 0. The Balaban J connectivity index is 2.64. The van der Waals surface area contributed by atoms with E-state index in [1.807, 2.05) is 7.05 Å². The van der Waals surface area contributed by atoms with Gasteiger partial charge in [-0.05, 0) is 0 Å². The number of aryl methyl sites for hydroxylation is 1. The molecule has 0 saturated carbocycles. The summed E-state index contributed by atoms with van der Waals surface area (Å²) in [6.07, 6.45) is 3.68. The van der Waals surface area contributed by atoms with Gasteiger partial charge in [-0.3, -0.25) is 4.79 Å². The number of imidazole rings is 1. The summed E-state index contributed by atoms with van der Waals surface area (Å²) in [5, 5.41) is 0. The van der Waals surface area contributed by atoms with Crippen LogP contribution in [0.4, 0.5) is 0 Å². The van der Waals surface area contributed by atoms with Gasteiger partial charge in [0.2, 0.25) is 0 Å². The lowest BCUT2D eigenvalue weighted by molar-refractivity contribution is -0.139. The van der Waals surface area contributed by atoms with E-state index in [0.717, 1.165) is 5.82 Å². The number of carbonyl (C=O) groups excluding carboxylic acids is 1. The molecular weight excluding hydrogens is 144 g/mol. The Morgan fingerprint density at radius 2 is 2.55 bits per heavy atom. The molecule has 0 aromatic carbocycles. The highest BCUT2D eigenvalue weighted by atomic mass is 16.5. The van der Waals surface area contributed by atoms with Crippen LogP contribution in [0.15, 0.2) is 12.4 Å². The van der Waals surface area contributed by atoms with Crippen molar-refractivity contribution in [1.82, 2.24) is 9.55 Å². The van der Waals surface area contributed by atoms with Gasteiger partial charge in [-0.15, -0.1) is 0 Å². The topological polar surface area (TPSA) is 44.1 Å². The Morgan fingerprint density at radius 1 is 1.82 bits per heavy atom. The molecule has 0 aliphatic heterocycles. The van der Waals surface area contributed by atoms with Gasteiger partial charge in [-0.1, -0.05) is 0 Å². The van der Waals surface area contributed by atoms with Crippen molar-refractivity contribution >= 4 is 5.97 Å². The number of esters is 1. The van der Waals surface area contributed by atoms with E-state index >= 15 is 0 Å². The van der Waals surface area contributed by atoms with Crippen molar-refractivity contribution < 1.29 is 9.53 Å². The standard InChI is InChI=1S/C7H10N2O2/c1-9-4-3-8-6(9)5-7(10)11-2/h3-4H,5H2,1-2H3. The van der Waals surface area contributed by atoms with Crippen LogP contribution in [-0.4, -0.2) is 22.6 Å². The van der Waals surface area contributed by atoms with Gasteiger partial charge >= 0.3 is 5.97 Å². The third-order valence-corrected chi connectivity index (χ3v) is 1.45. The van der Waals surface area contributed by atoms with Gasteiger partial charge < -0.3 is 9.30 Å². The molecule has 1 aromatic rings. The molecule has 1 aromatic heterocycles. The minimum Gasteiger partial charge on any atom is -0.469 e. The second kappa shape index (κ2) is 3.18. The summed E-state index contributed by atoms with van der Waals surface area (Å²) in [7, 11) is 3.20. The highest BCUT2D eigenvalue weighted by Crippen LogP contribution is 1.95. The Morgan fingerprint density at radius 3 is 3.00 bits per heavy atom. The zero-order valence-electron chi connectivity index (χ0n) is 6.57. The molecule has 0 bridgehead atoms. The largest absolute Gasteiger partial charge is 0.469 e. The van der Waals surface area contributed by atoms with Crippen molar-refractivity contribution in [2.75, 3.05) is 7.11 Å². The summed E-state index contributed by atoms with van der Waals surface area (Å²) in [6.45, 7) is 0. The second-order valence-electron chi connectivity index (χ2n) is 2.21. The molecule has 0 spiro atoms. The maximum Gasteiger partial charge on any atom is 0.313 e. The van der Waals surface area contributed by atoms with E-state index in [-0.39, 0.29) is 12.4 Å². The van der Waals surface area contributed by atoms with Crippen molar-refractivity contribution in [3.63, 3.8) is 0 Å². The third-order valence-electron chi connectivity index (χ3n) is 1.45. The Kier molecular flexibility index (Phi) is 2.25. The first-order valence-corrected chi connectivity index (χ1v) is 3.27. The Bertz CT molecular complexity index is 255. The molecule has 4 nitrogen and oxygen atoms in total. The molecule has 0 N–H and O–H groups in total. The van der Waals surface area contributed by atoms with Crippen LogP contribution in [0.1, 0.15) is 5.82 Å². The summed E-state index contributed by atoms with van der Waals surface area (Å²) in [4.78, 5) is 14.7. The molecule has 0 unspecified atom stereocenters. The Labute approximate surface area is 64.8 Å². The molecule has 0 atom stereocenters. The van der Waals surface area contributed by atoms with E-state index in [2.05, 4.69) is 9.72 Å². The number of aromatic nitrogens is 2. The molecule has 1 heterocycles. The monoisotopic (exact) mass is 154 g/mol. The molecule has 4 heteroatoms. The highest BCUT2D eigenvalue weighted by molar-refractivity contribution is 5.71. The van der Waals surface area contributed by atoms with Crippen LogP contribution in [0.3, 0.4) is 0 Å². The fourth-order valence-electron chi connectivity index (χ4n) is 0.768. The fraction of sp³-hybridized carbons (Fsp3) is 0.429. The van der Waals surface area contributed by atoms with E-state index in [4.69, 9.17) is 0 Å². The number of carbonyl (C=O) groups is 1. The van der Waals surface area contributed by atoms with Gasteiger partial charge in [0.1, 0.15) is 12.2 Å². The van der Waals surface area contributed by atoms with Crippen LogP contribution < -0.4 is 0 Å². The summed E-state index contributed by atoms with van der Waals surface area (Å²) < 4.78 is 6.27. The lowest BCUT2D eigenvalue weighted by atomic mass is 10.4. The van der Waals surface area contributed by atoms with Crippen molar-refractivity contribution in [2.45, 2.75) is 6.42 Å². The lowest BCUT2D eigenvalue weighted by Crippen LogP contribution is -2.08. The average molecular weight is 154 g/mol. The molecule has 11 heavy (non-hydrogen) atoms. The quantitative estimate of drug-likeness (QED) is 0.569. The van der Waals surface area contributed by atoms with E-state index in [0.29, 0.717) is 0 Å². The minimum absolute atomic E-state index is 0.236. The third kappa shape index (κ3) is 1.80. The first kappa shape index (κ1) is 7.78. The molecule has 0 radical (unpaired) electrons. The SMILES string of the molecule is COC(=O)Cc1nccn1C. The number of rotatable bonds is 2. The van der Waals surface area contributed by atoms with Gasteiger partial charge in [0.05, 0.1) is 7.11 Å². The predicted octanol–water partition coefficient (Wildman–Crippen LogP) is 0.136. The normalized spacial score (nSPS) is 9.64. The van der Waals surface area contributed by atoms with Crippen molar-refractivity contribution in [2.24, 2.45) is 7.05 Å². The first-order chi connectivity index (χ1) is 5.24. The molecule has 0 amide bonds. The van der Waals surface area contributed by atoms with E-state index in [9.17, 15) is 4.79 Å². The Hall–Kier alpha value is -1.32. The van der Waals surface area contributed by atoms with Crippen LogP contribution in [0.2, 0.25) is 0 Å². The maximum atomic E-state index is 10.8. The van der Waals surface area contributed by atoms with Gasteiger partial charge in [0.25, 0.3) is 0 Å². The molecule has 0 aliphatic carbocycles. The lowest BCUT2D eigenvalue weighted by Gasteiger charge is -1.98. The minimum atomic E-state index is -0.265. The van der Waals surface area contributed by atoms with E-state index in [1.165, 1.54) is 7.11 Å². The smallest absolute Gasteiger partial charge is 0.313 e. The summed E-state index contributed by atoms with van der Waals surface area (Å²) >= 11 is 0. The molecule has 0 aliphatic rings. The van der Waals surface area contributed by atoms with Gasteiger partial charge in [0.15, 0.2) is 0 Å². The zero-order chi connectivity index (χ0) is 8.27. The predicted molar refractivity (Wildman–Crippen MR) is 38.9 cm³/mol. The molecule has 60 valence electrons. The number of methoxy groups -OCH3 is 1. The van der Waals surface area contributed by atoms with Gasteiger partial charge in [-0.2, -0.15) is 0 Å². The van der Waals surface area contributed by atoms with Crippen molar-refractivity contribution in [3.8, 4) is 0 Å². The van der Waals surface area contributed by atoms with Crippen LogP contribution in [0.5, 0.6) is 0 Å². The summed E-state index contributed by atoms with van der Waals surface area (Å²) in [6, 6.07) is 0. The average Bonchev–Trinajstić information content (AvgIpc) is 2.37. The number of nitrogens with zero attached hydrogens (tertiary/aromatic N) is 2. The molecule has 0 fully saturated rings. The van der Waals surface area contributed by atoms with Crippen LogP contribution >= 0.6 is 0 Å². The zero-order valence-corrected chi connectivity index (χ0v) is 6.57. The van der Waals surface area contributed by atoms with Crippen LogP contribution in [0, 0.1) is 0 Å². The fourth-order valence-corrected chi connectivity index (χ4v) is 0.768. The van der Waals surface area contributed by atoms with Crippen LogP contribution in [-0.2, 0) is 23.0 Å². The van der Waals surface area contributed by atoms with Crippen molar-refractivity contribution in [3.05, 3.63) is 18.2 Å². The molecule has 0 saturated heterocycles. The number of hydrogen-bond donors (Lipinski definition) is 0. The molecule has 1 rings (SSSR count). The maximum absolute atomic E-state index is 10.8. The molecular formula is C7H10N2O2. The van der Waals surface area contributed by atoms with Crippen molar-refractivity contribution in [1.29, 1.82) is 0 Å². The number of ether oxygens (including phenoxy) is 1. The number of hydrogen-bond acceptors (Lipinski definition) is 3. The first-order valence-electron chi connectivity index (χ1n) is 3.27. The highest BCUT2D eigenvalue weighted by Gasteiger charge is 2.05. The van der Waals surface area contributed by atoms with Gasteiger partial charge in [0, 0.05) is 19.4 Å². The summed E-state index contributed by atoms with van der Waals surface area (Å²) in [5.74, 6) is 0.455. The second-order valence-corrected chi connectivity index (χ2v) is 2.21. The van der Waals surface area contributed by atoms with E-state index < -0.39 is 0 Å².